The maximum absolute atomic E-state index is 12.4. The minimum atomic E-state index is -0.632. The van der Waals surface area contributed by atoms with E-state index in [-0.39, 0.29) is 5.91 Å². The second-order valence-corrected chi connectivity index (χ2v) is 5.37. The number of nitrogens with one attached hydrogen (secondary N) is 2. The normalized spacial score (nSPS) is 25.9. The summed E-state index contributed by atoms with van der Waals surface area (Å²) < 4.78 is 4.97. The molecule has 1 saturated heterocycles. The summed E-state index contributed by atoms with van der Waals surface area (Å²) in [6, 6.07) is 6.32. The van der Waals surface area contributed by atoms with Crippen molar-refractivity contribution >= 4 is 11.9 Å². The average Bonchev–Trinajstić information content (AvgIpc) is 2.94. The molecular weight excluding hydrogens is 254 g/mol. The first-order valence-electron chi connectivity index (χ1n) is 6.89. The van der Waals surface area contributed by atoms with Crippen LogP contribution in [0.5, 0.6) is 0 Å². The quantitative estimate of drug-likeness (QED) is 0.803. The van der Waals surface area contributed by atoms with Crippen LogP contribution in [0.3, 0.4) is 0 Å². The fraction of sp³-hybridized carbons (Fsp3) is 0.467. The van der Waals surface area contributed by atoms with Gasteiger partial charge in [0.25, 0.3) is 5.91 Å². The van der Waals surface area contributed by atoms with Crippen molar-refractivity contribution in [1.82, 2.24) is 10.6 Å². The molecule has 1 fully saturated rings. The Morgan fingerprint density at radius 3 is 3.10 bits per heavy atom. The van der Waals surface area contributed by atoms with Crippen LogP contribution in [0.15, 0.2) is 23.2 Å². The van der Waals surface area contributed by atoms with E-state index in [1.165, 1.54) is 11.1 Å². The third-order valence-electron chi connectivity index (χ3n) is 4.01. The SMILES string of the molecule is COCCN=C1NC(=O)C2(CCc3ccc(C)cc32)N1. The molecular formula is C15H19N3O2. The van der Waals surface area contributed by atoms with Crippen molar-refractivity contribution in [3.63, 3.8) is 0 Å². The Morgan fingerprint density at radius 2 is 2.30 bits per heavy atom. The van der Waals surface area contributed by atoms with E-state index in [0.29, 0.717) is 19.1 Å². The predicted octanol–water partition coefficient (Wildman–Crippen LogP) is 0.858. The van der Waals surface area contributed by atoms with Crippen LogP contribution in [-0.4, -0.2) is 32.1 Å². The average molecular weight is 273 g/mol. The van der Waals surface area contributed by atoms with E-state index in [9.17, 15) is 4.79 Å². The fourth-order valence-corrected chi connectivity index (χ4v) is 2.96. The number of methoxy groups -OCH3 is 1. The zero-order valence-corrected chi connectivity index (χ0v) is 11.8. The van der Waals surface area contributed by atoms with Crippen molar-refractivity contribution in [1.29, 1.82) is 0 Å². The summed E-state index contributed by atoms with van der Waals surface area (Å²) in [6.45, 7) is 3.13. The van der Waals surface area contributed by atoms with Gasteiger partial charge in [0, 0.05) is 7.11 Å². The highest BCUT2D eigenvalue weighted by Crippen LogP contribution is 2.39. The highest BCUT2D eigenvalue weighted by Gasteiger charge is 2.50. The third kappa shape index (κ3) is 1.98. The summed E-state index contributed by atoms with van der Waals surface area (Å²) in [5.41, 5.74) is 2.88. The van der Waals surface area contributed by atoms with Gasteiger partial charge in [-0.05, 0) is 30.9 Å². The molecule has 3 rings (SSSR count). The smallest absolute Gasteiger partial charge is 0.257 e. The number of hydrogen-bond donors (Lipinski definition) is 2. The lowest BCUT2D eigenvalue weighted by molar-refractivity contribution is -0.124. The van der Waals surface area contributed by atoms with Crippen LogP contribution in [0.25, 0.3) is 0 Å². The minimum absolute atomic E-state index is 0.00184. The second-order valence-electron chi connectivity index (χ2n) is 5.37. The summed E-state index contributed by atoms with van der Waals surface area (Å²) in [5, 5.41) is 6.14. The molecule has 1 atom stereocenters. The van der Waals surface area contributed by atoms with E-state index in [1.54, 1.807) is 7.11 Å². The van der Waals surface area contributed by atoms with Crippen molar-refractivity contribution in [2.45, 2.75) is 25.3 Å². The number of guanidine groups is 1. The number of aliphatic imine (C=N–C) groups is 1. The molecule has 0 radical (unpaired) electrons. The topological polar surface area (TPSA) is 62.7 Å². The summed E-state index contributed by atoms with van der Waals surface area (Å²) in [4.78, 5) is 16.8. The van der Waals surface area contributed by atoms with Crippen LogP contribution in [0.1, 0.15) is 23.1 Å². The van der Waals surface area contributed by atoms with Crippen molar-refractivity contribution in [3.05, 3.63) is 34.9 Å². The number of aryl methyl sites for hydroxylation is 2. The molecule has 0 saturated carbocycles. The van der Waals surface area contributed by atoms with Gasteiger partial charge in [0.1, 0.15) is 5.54 Å². The number of amides is 1. The van der Waals surface area contributed by atoms with Crippen LogP contribution in [0, 0.1) is 6.92 Å². The molecule has 1 aliphatic heterocycles. The second kappa shape index (κ2) is 4.90. The van der Waals surface area contributed by atoms with E-state index < -0.39 is 5.54 Å². The van der Waals surface area contributed by atoms with Crippen molar-refractivity contribution in [2.75, 3.05) is 20.3 Å². The number of nitrogens with zero attached hydrogens (tertiary/aromatic N) is 1. The zero-order valence-electron chi connectivity index (χ0n) is 11.8. The Kier molecular flexibility index (Phi) is 3.22. The van der Waals surface area contributed by atoms with Gasteiger partial charge in [-0.2, -0.15) is 0 Å². The van der Waals surface area contributed by atoms with E-state index >= 15 is 0 Å². The van der Waals surface area contributed by atoms with Gasteiger partial charge in [-0.3, -0.25) is 15.1 Å². The van der Waals surface area contributed by atoms with Gasteiger partial charge in [-0.25, -0.2) is 0 Å². The largest absolute Gasteiger partial charge is 0.383 e. The molecule has 1 spiro atoms. The molecule has 2 aliphatic rings. The Hall–Kier alpha value is -1.88. The monoisotopic (exact) mass is 273 g/mol. The van der Waals surface area contributed by atoms with E-state index in [0.717, 1.165) is 18.4 Å². The molecule has 0 bridgehead atoms. The van der Waals surface area contributed by atoms with Gasteiger partial charge >= 0.3 is 0 Å². The van der Waals surface area contributed by atoms with Gasteiger partial charge in [0.2, 0.25) is 0 Å². The fourth-order valence-electron chi connectivity index (χ4n) is 2.96. The van der Waals surface area contributed by atoms with Gasteiger partial charge in [0.15, 0.2) is 5.96 Å². The van der Waals surface area contributed by atoms with Gasteiger partial charge < -0.3 is 10.1 Å². The number of benzene rings is 1. The third-order valence-corrected chi connectivity index (χ3v) is 4.01. The van der Waals surface area contributed by atoms with Crippen LogP contribution in [0.2, 0.25) is 0 Å². The van der Waals surface area contributed by atoms with Crippen LogP contribution >= 0.6 is 0 Å². The summed E-state index contributed by atoms with van der Waals surface area (Å²) in [7, 11) is 1.64. The molecule has 20 heavy (non-hydrogen) atoms. The van der Waals surface area contributed by atoms with E-state index in [4.69, 9.17) is 4.74 Å². The zero-order chi connectivity index (χ0) is 14.2. The molecule has 1 aliphatic carbocycles. The van der Waals surface area contributed by atoms with E-state index in [2.05, 4.69) is 33.8 Å². The maximum atomic E-state index is 12.4. The lowest BCUT2D eigenvalue weighted by Gasteiger charge is -2.22. The first-order chi connectivity index (χ1) is 9.65. The molecule has 1 aromatic rings. The molecule has 5 heteroatoms. The number of ether oxygens (including phenoxy) is 1. The molecule has 1 aromatic carbocycles. The lowest BCUT2D eigenvalue weighted by Crippen LogP contribution is -2.41. The molecule has 2 N–H and O–H groups in total. The highest BCUT2D eigenvalue weighted by atomic mass is 16.5. The van der Waals surface area contributed by atoms with Gasteiger partial charge in [-0.15, -0.1) is 0 Å². The van der Waals surface area contributed by atoms with Crippen LogP contribution in [-0.2, 0) is 21.5 Å². The van der Waals surface area contributed by atoms with Crippen LogP contribution < -0.4 is 10.6 Å². The molecule has 0 aromatic heterocycles. The van der Waals surface area contributed by atoms with Crippen molar-refractivity contribution in [3.8, 4) is 0 Å². The Morgan fingerprint density at radius 1 is 1.45 bits per heavy atom. The standard InChI is InChI=1S/C15H19N3O2/c1-10-3-4-11-5-6-15(12(11)9-10)13(19)17-14(18-15)16-7-8-20-2/h3-4,9H,5-8H2,1-2H3,(H2,16,17,18,19). The van der Waals surface area contributed by atoms with Crippen molar-refractivity contribution in [2.24, 2.45) is 4.99 Å². The Bertz CT molecular complexity index is 582. The van der Waals surface area contributed by atoms with E-state index in [1.807, 2.05) is 6.92 Å². The number of hydrogen-bond acceptors (Lipinski definition) is 3. The number of carbonyl (C=O) groups is 1. The number of fused-ring (bicyclic) bond motifs is 2. The van der Waals surface area contributed by atoms with Gasteiger partial charge in [0.05, 0.1) is 13.2 Å². The molecule has 5 nitrogen and oxygen atoms in total. The number of rotatable bonds is 3. The maximum Gasteiger partial charge on any atom is 0.257 e. The highest BCUT2D eigenvalue weighted by molar-refractivity contribution is 6.09. The minimum Gasteiger partial charge on any atom is -0.383 e. The predicted molar refractivity (Wildman–Crippen MR) is 76.6 cm³/mol. The molecule has 1 heterocycles. The summed E-state index contributed by atoms with van der Waals surface area (Å²) in [6.07, 6.45) is 1.70. The Balaban J connectivity index is 1.90. The number of carbonyl (C=O) groups excluding carboxylic acids is 1. The molecule has 1 unspecified atom stereocenters. The van der Waals surface area contributed by atoms with Crippen molar-refractivity contribution < 1.29 is 9.53 Å². The molecule has 106 valence electrons. The first-order valence-corrected chi connectivity index (χ1v) is 6.89. The summed E-state index contributed by atoms with van der Waals surface area (Å²) in [5.74, 6) is 0.555. The molecule has 1 amide bonds. The summed E-state index contributed by atoms with van der Waals surface area (Å²) >= 11 is 0. The lowest BCUT2D eigenvalue weighted by atomic mass is 9.91. The van der Waals surface area contributed by atoms with Gasteiger partial charge in [-0.1, -0.05) is 23.8 Å². The Labute approximate surface area is 118 Å². The first kappa shape index (κ1) is 13.1. The van der Waals surface area contributed by atoms with Crippen LogP contribution in [0.4, 0.5) is 0 Å².